The number of alkyl halides is 1. The van der Waals surface area contributed by atoms with Crippen molar-refractivity contribution in [3.05, 3.63) is 28.8 Å². The Balaban J connectivity index is 2.11. The number of halogens is 2. The van der Waals surface area contributed by atoms with Gasteiger partial charge < -0.3 is 14.8 Å². The molecule has 0 unspecified atom stereocenters. The molecule has 1 amide bonds. The first-order chi connectivity index (χ1) is 10.8. The van der Waals surface area contributed by atoms with Crippen LogP contribution < -0.4 is 10.1 Å². The molecule has 4 nitrogen and oxygen atoms in total. The number of rotatable bonds is 8. The zero-order chi connectivity index (χ0) is 17.3. The van der Waals surface area contributed by atoms with Crippen LogP contribution in [0, 0.1) is 0 Å². The lowest BCUT2D eigenvalue weighted by molar-refractivity contribution is 0.0527. The number of unbranched alkanes of at least 4 members (excludes halogenated alkanes) is 2. The minimum Gasteiger partial charge on any atom is -0.494 e. The number of alkyl carbamates (subject to hydrolysis) is 1. The van der Waals surface area contributed by atoms with Gasteiger partial charge in [0.15, 0.2) is 0 Å². The molecule has 0 aromatic heterocycles. The second kappa shape index (κ2) is 10.0. The van der Waals surface area contributed by atoms with Crippen LogP contribution in [0.2, 0.25) is 5.02 Å². The summed E-state index contributed by atoms with van der Waals surface area (Å²) in [6.45, 7) is 6.81. The van der Waals surface area contributed by atoms with E-state index in [0.29, 0.717) is 18.5 Å². The van der Waals surface area contributed by atoms with Gasteiger partial charge >= 0.3 is 6.09 Å². The number of amides is 1. The van der Waals surface area contributed by atoms with Crippen molar-refractivity contribution in [2.24, 2.45) is 0 Å². The average molecular weight is 407 g/mol. The van der Waals surface area contributed by atoms with Crippen LogP contribution in [0.5, 0.6) is 5.75 Å². The molecule has 0 atom stereocenters. The Morgan fingerprint density at radius 3 is 2.65 bits per heavy atom. The minimum absolute atomic E-state index is 0.364. The highest BCUT2D eigenvalue weighted by atomic mass is 79.9. The van der Waals surface area contributed by atoms with Crippen LogP contribution in [-0.4, -0.2) is 24.8 Å². The summed E-state index contributed by atoms with van der Waals surface area (Å²) in [5.41, 5.74) is 0.565. The Hall–Kier alpha value is -0.940. The van der Waals surface area contributed by atoms with E-state index in [1.54, 1.807) is 0 Å². The second-order valence-corrected chi connectivity index (χ2v) is 7.19. The number of benzene rings is 1. The van der Waals surface area contributed by atoms with Crippen molar-refractivity contribution in [1.82, 2.24) is 5.32 Å². The summed E-state index contributed by atoms with van der Waals surface area (Å²) in [4.78, 5) is 11.4. The second-order valence-electron chi connectivity index (χ2n) is 6.22. The molecule has 130 valence electrons. The summed E-state index contributed by atoms with van der Waals surface area (Å²) in [6.07, 6.45) is 2.45. The topological polar surface area (TPSA) is 47.6 Å². The van der Waals surface area contributed by atoms with Gasteiger partial charge in [0.25, 0.3) is 0 Å². The fraction of sp³-hybridized carbons (Fsp3) is 0.588. The smallest absolute Gasteiger partial charge is 0.407 e. The lowest BCUT2D eigenvalue weighted by Gasteiger charge is -2.19. The predicted molar refractivity (Wildman–Crippen MR) is 97.7 cm³/mol. The van der Waals surface area contributed by atoms with Crippen LogP contribution in [0.4, 0.5) is 4.79 Å². The Bertz CT molecular complexity index is 503. The third-order valence-electron chi connectivity index (χ3n) is 2.92. The van der Waals surface area contributed by atoms with Gasteiger partial charge in [-0.15, -0.1) is 0 Å². The van der Waals surface area contributed by atoms with E-state index in [-0.39, 0.29) is 6.09 Å². The standard InChI is InChI=1S/C17H25BrClNO3/c1-17(2,3)23-16(21)20-9-5-4-6-10-22-14-7-8-15(19)13(11-14)12-18/h7-8,11H,4-6,9-10,12H2,1-3H3,(H,20,21). The normalized spacial score (nSPS) is 11.2. The molecular formula is C17H25BrClNO3. The first kappa shape index (κ1) is 20.1. The average Bonchev–Trinajstić information content (AvgIpc) is 2.46. The Morgan fingerprint density at radius 1 is 1.26 bits per heavy atom. The van der Waals surface area contributed by atoms with Crippen LogP contribution >= 0.6 is 27.5 Å². The van der Waals surface area contributed by atoms with Gasteiger partial charge in [0.05, 0.1) is 6.61 Å². The number of hydrogen-bond donors (Lipinski definition) is 1. The van der Waals surface area contributed by atoms with E-state index < -0.39 is 5.60 Å². The quantitative estimate of drug-likeness (QED) is 0.470. The molecule has 23 heavy (non-hydrogen) atoms. The van der Waals surface area contributed by atoms with E-state index in [1.807, 2.05) is 39.0 Å². The maximum absolute atomic E-state index is 11.4. The summed E-state index contributed by atoms with van der Waals surface area (Å²) < 4.78 is 10.9. The van der Waals surface area contributed by atoms with Gasteiger partial charge in [0.2, 0.25) is 0 Å². The van der Waals surface area contributed by atoms with E-state index in [2.05, 4.69) is 21.2 Å². The Labute approximate surface area is 152 Å². The Morgan fingerprint density at radius 2 is 2.00 bits per heavy atom. The van der Waals surface area contributed by atoms with Crippen LogP contribution in [0.1, 0.15) is 45.6 Å². The lowest BCUT2D eigenvalue weighted by atomic mass is 10.2. The maximum Gasteiger partial charge on any atom is 0.407 e. The molecule has 0 aliphatic rings. The SMILES string of the molecule is CC(C)(C)OC(=O)NCCCCCOc1ccc(Cl)c(CBr)c1. The molecule has 1 rings (SSSR count). The van der Waals surface area contributed by atoms with Crippen molar-refractivity contribution in [1.29, 1.82) is 0 Å². The predicted octanol–water partition coefficient (Wildman–Crippen LogP) is 5.31. The summed E-state index contributed by atoms with van der Waals surface area (Å²) in [5, 5.41) is 4.19. The number of ether oxygens (including phenoxy) is 2. The third kappa shape index (κ3) is 9.06. The van der Waals surface area contributed by atoms with Crippen molar-refractivity contribution >= 4 is 33.6 Å². The van der Waals surface area contributed by atoms with E-state index in [1.165, 1.54) is 0 Å². The fourth-order valence-corrected chi connectivity index (χ4v) is 2.65. The van der Waals surface area contributed by atoms with Crippen molar-refractivity contribution in [2.75, 3.05) is 13.2 Å². The zero-order valence-electron chi connectivity index (χ0n) is 14.0. The molecule has 0 heterocycles. The molecule has 0 fully saturated rings. The van der Waals surface area contributed by atoms with Gasteiger partial charge in [-0.3, -0.25) is 0 Å². The maximum atomic E-state index is 11.4. The zero-order valence-corrected chi connectivity index (χ0v) is 16.3. The highest BCUT2D eigenvalue weighted by molar-refractivity contribution is 9.08. The van der Waals surface area contributed by atoms with Gasteiger partial charge in [0, 0.05) is 16.9 Å². The summed E-state index contributed by atoms with van der Waals surface area (Å²) >= 11 is 9.45. The molecule has 1 aromatic rings. The van der Waals surface area contributed by atoms with E-state index in [0.717, 1.165) is 35.6 Å². The molecule has 0 bridgehead atoms. The molecular weight excluding hydrogens is 382 g/mol. The van der Waals surface area contributed by atoms with Crippen molar-refractivity contribution in [2.45, 2.75) is 51.0 Å². The summed E-state index contributed by atoms with van der Waals surface area (Å²) in [5.74, 6) is 0.829. The number of carbonyl (C=O) groups excluding carboxylic acids is 1. The molecule has 1 N–H and O–H groups in total. The van der Waals surface area contributed by atoms with Crippen LogP contribution in [0.25, 0.3) is 0 Å². The Kier molecular flexibility index (Phi) is 8.77. The van der Waals surface area contributed by atoms with Gasteiger partial charge in [-0.2, -0.15) is 0 Å². The monoisotopic (exact) mass is 405 g/mol. The highest BCUT2D eigenvalue weighted by Gasteiger charge is 2.15. The molecule has 0 aliphatic carbocycles. The number of carbonyl (C=O) groups is 1. The molecule has 0 aliphatic heterocycles. The summed E-state index contributed by atoms with van der Waals surface area (Å²) in [7, 11) is 0. The van der Waals surface area contributed by atoms with Gasteiger partial charge in [-0.25, -0.2) is 4.79 Å². The third-order valence-corrected chi connectivity index (χ3v) is 3.89. The largest absolute Gasteiger partial charge is 0.494 e. The van der Waals surface area contributed by atoms with Gasteiger partial charge in [-0.05, 0) is 63.8 Å². The van der Waals surface area contributed by atoms with E-state index in [4.69, 9.17) is 21.1 Å². The van der Waals surface area contributed by atoms with Crippen LogP contribution in [0.3, 0.4) is 0 Å². The van der Waals surface area contributed by atoms with E-state index in [9.17, 15) is 4.79 Å². The molecule has 0 saturated carbocycles. The number of nitrogens with one attached hydrogen (secondary N) is 1. The van der Waals surface area contributed by atoms with Crippen molar-refractivity contribution in [3.8, 4) is 5.75 Å². The molecule has 0 saturated heterocycles. The molecule has 0 spiro atoms. The van der Waals surface area contributed by atoms with Gasteiger partial charge in [-0.1, -0.05) is 27.5 Å². The molecule has 0 radical (unpaired) electrons. The highest BCUT2D eigenvalue weighted by Crippen LogP contribution is 2.24. The minimum atomic E-state index is -0.454. The molecule has 6 heteroatoms. The number of hydrogen-bond acceptors (Lipinski definition) is 3. The van der Waals surface area contributed by atoms with Crippen molar-refractivity contribution < 1.29 is 14.3 Å². The first-order valence-electron chi connectivity index (χ1n) is 7.76. The van der Waals surface area contributed by atoms with Crippen molar-refractivity contribution in [3.63, 3.8) is 0 Å². The van der Waals surface area contributed by atoms with Crippen LogP contribution in [0.15, 0.2) is 18.2 Å². The summed E-state index contributed by atoms with van der Waals surface area (Å²) in [6, 6.07) is 5.66. The van der Waals surface area contributed by atoms with Crippen LogP contribution in [-0.2, 0) is 10.1 Å². The fourth-order valence-electron chi connectivity index (χ4n) is 1.84. The molecule has 1 aromatic carbocycles. The van der Waals surface area contributed by atoms with E-state index >= 15 is 0 Å². The van der Waals surface area contributed by atoms with Gasteiger partial charge in [0.1, 0.15) is 11.4 Å². The first-order valence-corrected chi connectivity index (χ1v) is 9.26. The lowest BCUT2D eigenvalue weighted by Crippen LogP contribution is -2.33.